The minimum absolute atomic E-state index is 0.252. The molecule has 1 aromatic carbocycles. The molecule has 134 valence electrons. The third-order valence-electron chi connectivity index (χ3n) is 4.18. The molecule has 0 spiro atoms. The Hall–Kier alpha value is -2.26. The van der Waals surface area contributed by atoms with E-state index in [2.05, 4.69) is 32.5 Å². The van der Waals surface area contributed by atoms with E-state index < -0.39 is 0 Å². The zero-order valence-corrected chi connectivity index (χ0v) is 15.1. The molecule has 2 heterocycles. The second-order valence-corrected chi connectivity index (χ2v) is 6.30. The average Bonchev–Trinajstić information content (AvgIpc) is 3.09. The third kappa shape index (κ3) is 4.23. The topological polar surface area (TPSA) is 58.5 Å². The number of halogens is 1. The van der Waals surface area contributed by atoms with Gasteiger partial charge >= 0.3 is 0 Å². The van der Waals surface area contributed by atoms with Crippen LogP contribution in [0, 0.1) is 5.82 Å². The van der Waals surface area contributed by atoms with Gasteiger partial charge in [-0.2, -0.15) is 0 Å². The van der Waals surface area contributed by atoms with Crippen molar-refractivity contribution in [3.05, 3.63) is 35.9 Å². The van der Waals surface area contributed by atoms with Gasteiger partial charge in [0.1, 0.15) is 11.5 Å². The van der Waals surface area contributed by atoms with E-state index in [1.54, 1.807) is 16.9 Å². The van der Waals surface area contributed by atoms with Gasteiger partial charge in [-0.05, 0) is 31.4 Å². The normalized spacial score (nSPS) is 15.2. The third-order valence-corrected chi connectivity index (χ3v) is 4.49. The maximum Gasteiger partial charge on any atom is 0.256 e. The molecule has 7 nitrogen and oxygen atoms in total. The predicted molar refractivity (Wildman–Crippen MR) is 97.5 cm³/mol. The Balaban J connectivity index is 1.70. The maximum atomic E-state index is 14.6. The van der Waals surface area contributed by atoms with Crippen molar-refractivity contribution in [3.8, 4) is 5.69 Å². The van der Waals surface area contributed by atoms with Crippen LogP contribution in [0.2, 0.25) is 0 Å². The number of ether oxygens (including phenoxy) is 1. The van der Waals surface area contributed by atoms with Crippen LogP contribution < -0.4 is 10.2 Å². The van der Waals surface area contributed by atoms with Gasteiger partial charge in [0.15, 0.2) is 0 Å². The molecule has 3 rings (SSSR count). The van der Waals surface area contributed by atoms with Crippen molar-refractivity contribution in [3.63, 3.8) is 0 Å². The van der Waals surface area contributed by atoms with Crippen LogP contribution in [0.4, 0.5) is 10.1 Å². The smallest absolute Gasteiger partial charge is 0.256 e. The molecule has 1 aromatic heterocycles. The Bertz CT molecular complexity index is 744. The number of nitrogens with zero attached hydrogens (tertiary/aromatic N) is 5. The van der Waals surface area contributed by atoms with E-state index in [1.165, 1.54) is 13.2 Å². The van der Waals surface area contributed by atoms with Crippen LogP contribution in [0.5, 0.6) is 0 Å². The molecule has 0 bridgehead atoms. The average molecular weight is 364 g/mol. The second kappa shape index (κ2) is 7.75. The minimum atomic E-state index is -0.252. The quantitative estimate of drug-likeness (QED) is 0.818. The van der Waals surface area contributed by atoms with E-state index in [0.717, 1.165) is 26.2 Å². The van der Waals surface area contributed by atoms with Crippen molar-refractivity contribution in [1.29, 1.82) is 0 Å². The molecular formula is C16H21FN6OS. The molecule has 0 unspecified atom stereocenters. The second-order valence-electron chi connectivity index (χ2n) is 5.93. The Kier molecular flexibility index (Phi) is 5.44. The molecular weight excluding hydrogens is 343 g/mol. The summed E-state index contributed by atoms with van der Waals surface area (Å²) in [6.45, 7) is 3.92. The van der Waals surface area contributed by atoms with Crippen molar-refractivity contribution < 1.29 is 9.13 Å². The molecule has 1 aliphatic rings. The Labute approximate surface area is 151 Å². The molecule has 0 atom stereocenters. The van der Waals surface area contributed by atoms with Crippen LogP contribution in [-0.4, -0.2) is 65.4 Å². The minimum Gasteiger partial charge on any atom is -0.474 e. The number of rotatable bonds is 4. The van der Waals surface area contributed by atoms with E-state index in [-0.39, 0.29) is 11.0 Å². The number of hydrogen-bond donors (Lipinski definition) is 1. The first-order chi connectivity index (χ1) is 12.1. The van der Waals surface area contributed by atoms with Crippen molar-refractivity contribution in [1.82, 2.24) is 25.2 Å². The lowest BCUT2D eigenvalue weighted by Gasteiger charge is -2.34. The van der Waals surface area contributed by atoms with Crippen molar-refractivity contribution in [2.75, 3.05) is 45.2 Å². The Morgan fingerprint density at radius 2 is 2.08 bits per heavy atom. The Morgan fingerprint density at radius 3 is 2.76 bits per heavy atom. The summed E-state index contributed by atoms with van der Waals surface area (Å²) in [6, 6.07) is 5.14. The lowest BCUT2D eigenvalue weighted by Crippen LogP contribution is -2.44. The highest BCUT2D eigenvalue weighted by Crippen LogP contribution is 2.23. The van der Waals surface area contributed by atoms with Crippen molar-refractivity contribution in [2.45, 2.75) is 6.54 Å². The van der Waals surface area contributed by atoms with E-state index in [4.69, 9.17) is 17.0 Å². The van der Waals surface area contributed by atoms with Gasteiger partial charge in [0.2, 0.25) is 0 Å². The summed E-state index contributed by atoms with van der Waals surface area (Å²) in [7, 11) is 3.57. The monoisotopic (exact) mass is 364 g/mol. The molecule has 1 N–H and O–H groups in total. The van der Waals surface area contributed by atoms with Crippen LogP contribution in [0.15, 0.2) is 24.4 Å². The fourth-order valence-electron chi connectivity index (χ4n) is 2.68. The van der Waals surface area contributed by atoms with Crippen LogP contribution in [-0.2, 0) is 11.3 Å². The molecule has 0 aliphatic carbocycles. The first-order valence-corrected chi connectivity index (χ1v) is 8.44. The Morgan fingerprint density at radius 1 is 1.32 bits per heavy atom. The van der Waals surface area contributed by atoms with Crippen LogP contribution >= 0.6 is 12.2 Å². The van der Waals surface area contributed by atoms with Crippen LogP contribution in [0.3, 0.4) is 0 Å². The number of piperazine rings is 1. The van der Waals surface area contributed by atoms with Gasteiger partial charge in [-0.25, -0.2) is 9.07 Å². The highest BCUT2D eigenvalue weighted by Gasteiger charge is 2.18. The number of hydrogen-bond acceptors (Lipinski definition) is 6. The van der Waals surface area contributed by atoms with Gasteiger partial charge in [0.25, 0.3) is 5.17 Å². The van der Waals surface area contributed by atoms with E-state index >= 15 is 0 Å². The lowest BCUT2D eigenvalue weighted by atomic mass is 10.2. The molecule has 1 saturated heterocycles. The highest BCUT2D eigenvalue weighted by atomic mass is 32.1. The first-order valence-electron chi connectivity index (χ1n) is 8.03. The van der Waals surface area contributed by atoms with E-state index in [9.17, 15) is 4.39 Å². The fraction of sp³-hybridized carbons (Fsp3) is 0.438. The number of methoxy groups -OCH3 is 1. The largest absolute Gasteiger partial charge is 0.474 e. The van der Waals surface area contributed by atoms with Crippen molar-refractivity contribution in [2.24, 2.45) is 0 Å². The van der Waals surface area contributed by atoms with Gasteiger partial charge in [0, 0.05) is 32.2 Å². The van der Waals surface area contributed by atoms with Gasteiger partial charge in [-0.15, -0.1) is 5.10 Å². The lowest BCUT2D eigenvalue weighted by molar-refractivity contribution is 0.311. The molecule has 9 heteroatoms. The zero-order chi connectivity index (χ0) is 17.8. The van der Waals surface area contributed by atoms with Crippen LogP contribution in [0.25, 0.3) is 5.69 Å². The van der Waals surface area contributed by atoms with E-state index in [0.29, 0.717) is 23.6 Å². The number of nitrogens with one attached hydrogen (secondary N) is 1. The molecule has 0 amide bonds. The predicted octanol–water partition coefficient (Wildman–Crippen LogP) is 1.18. The summed E-state index contributed by atoms with van der Waals surface area (Å²) in [5.74, 6) is -0.252. The van der Waals surface area contributed by atoms with Gasteiger partial charge in [0.05, 0.1) is 31.2 Å². The van der Waals surface area contributed by atoms with Gasteiger partial charge in [-0.3, -0.25) is 0 Å². The standard InChI is InChI=1S/C16H21FN6OS/c1-21-5-7-22(8-6-21)15-4-3-13(9-14(15)17)23-11-12(19-20-23)10-18-16(25)24-2/h3-4,9,11H,5-8,10H2,1-2H3,(H,18,25). The van der Waals surface area contributed by atoms with Gasteiger partial charge in [-0.1, -0.05) is 5.21 Å². The van der Waals surface area contributed by atoms with E-state index in [1.807, 2.05) is 6.07 Å². The van der Waals surface area contributed by atoms with Crippen LogP contribution in [0.1, 0.15) is 5.69 Å². The number of anilines is 1. The molecule has 25 heavy (non-hydrogen) atoms. The summed E-state index contributed by atoms with van der Waals surface area (Å²) in [5.41, 5.74) is 1.94. The molecule has 1 aliphatic heterocycles. The summed E-state index contributed by atoms with van der Waals surface area (Å²) in [6.07, 6.45) is 1.73. The molecule has 0 saturated carbocycles. The molecule has 2 aromatic rings. The van der Waals surface area contributed by atoms with Crippen molar-refractivity contribution >= 4 is 23.1 Å². The summed E-state index contributed by atoms with van der Waals surface area (Å²) >= 11 is 4.91. The fourth-order valence-corrected chi connectivity index (χ4v) is 2.75. The number of likely N-dealkylation sites (N-methyl/N-ethyl adjacent to an activating group) is 1. The number of benzene rings is 1. The molecule has 0 radical (unpaired) electrons. The maximum absolute atomic E-state index is 14.6. The molecule has 1 fully saturated rings. The SMILES string of the molecule is COC(=S)NCc1cn(-c2ccc(N3CCN(C)CC3)c(F)c2)nn1. The summed E-state index contributed by atoms with van der Waals surface area (Å²) in [4.78, 5) is 4.31. The number of thiocarbonyl (C=S) groups is 1. The summed E-state index contributed by atoms with van der Waals surface area (Å²) < 4.78 is 21.0. The zero-order valence-electron chi connectivity index (χ0n) is 14.3. The van der Waals surface area contributed by atoms with Gasteiger partial charge < -0.3 is 19.9 Å². The number of aromatic nitrogens is 3. The summed E-state index contributed by atoms with van der Waals surface area (Å²) in [5, 5.41) is 11.3. The first kappa shape index (κ1) is 17.6. The highest BCUT2D eigenvalue weighted by molar-refractivity contribution is 7.80.